The van der Waals surface area contributed by atoms with Gasteiger partial charge >= 0.3 is 6.18 Å². The molecule has 0 radical (unpaired) electrons. The highest BCUT2D eigenvalue weighted by molar-refractivity contribution is 6.33. The predicted molar refractivity (Wildman–Crippen MR) is 124 cm³/mol. The maximum absolute atomic E-state index is 13.9. The largest absolute Gasteiger partial charge is 0.472 e. The number of aliphatic hydroxyl groups is 1. The maximum Gasteiger partial charge on any atom is 0.420 e. The molecule has 0 spiro atoms. The number of nitrogens with zero attached hydrogens (tertiary/aromatic N) is 3. The van der Waals surface area contributed by atoms with E-state index in [1.54, 1.807) is 0 Å². The average Bonchev–Trinajstić information content (AvgIpc) is 3.51. The van der Waals surface area contributed by atoms with E-state index in [2.05, 4.69) is 4.98 Å². The van der Waals surface area contributed by atoms with Gasteiger partial charge in [0.05, 0.1) is 24.7 Å². The number of aliphatic hydroxyl groups excluding tert-OH is 1. The minimum absolute atomic E-state index is 0.102. The summed E-state index contributed by atoms with van der Waals surface area (Å²) < 4.78 is 47.7. The number of carbonyl (C=O) groups excluding carboxylic acids is 1. The summed E-state index contributed by atoms with van der Waals surface area (Å²) in [7, 11) is 0. The zero-order chi connectivity index (χ0) is 24.7. The van der Waals surface area contributed by atoms with Crippen LogP contribution in [0.15, 0.2) is 65.6 Å². The van der Waals surface area contributed by atoms with Crippen LogP contribution in [0.1, 0.15) is 33.6 Å². The molecule has 0 aliphatic carbocycles. The molecule has 0 bridgehead atoms. The molecule has 0 fully saturated rings. The van der Waals surface area contributed by atoms with Gasteiger partial charge in [0.25, 0.3) is 5.91 Å². The van der Waals surface area contributed by atoms with Gasteiger partial charge in [-0.15, -0.1) is 0 Å². The van der Waals surface area contributed by atoms with Crippen molar-refractivity contribution in [2.75, 3.05) is 13.1 Å². The van der Waals surface area contributed by atoms with Crippen LogP contribution in [0, 0.1) is 0 Å². The number of imidazole rings is 1. The molecule has 180 valence electrons. The normalized spacial score (nSPS) is 14.4. The van der Waals surface area contributed by atoms with Gasteiger partial charge in [-0.05, 0) is 35.3 Å². The summed E-state index contributed by atoms with van der Waals surface area (Å²) >= 11 is 6.41. The molecule has 35 heavy (non-hydrogen) atoms. The molecule has 1 N–H and O–H groups in total. The highest BCUT2D eigenvalue weighted by atomic mass is 35.5. The second-order valence-electron chi connectivity index (χ2n) is 8.14. The zero-order valence-corrected chi connectivity index (χ0v) is 19.0. The van der Waals surface area contributed by atoms with Crippen molar-refractivity contribution in [3.63, 3.8) is 0 Å². The Morgan fingerprint density at radius 3 is 2.66 bits per heavy atom. The Balaban J connectivity index is 1.50. The lowest BCUT2D eigenvalue weighted by Crippen LogP contribution is -2.35. The molecule has 0 saturated heterocycles. The van der Waals surface area contributed by atoms with Crippen molar-refractivity contribution in [3.05, 3.63) is 88.7 Å². The lowest BCUT2D eigenvalue weighted by molar-refractivity contribution is -0.136. The third-order valence-electron chi connectivity index (χ3n) is 6.05. The molecule has 3 aromatic heterocycles. The number of furan rings is 1. The van der Waals surface area contributed by atoms with Crippen LogP contribution < -0.4 is 0 Å². The third kappa shape index (κ3) is 4.21. The van der Waals surface area contributed by atoms with E-state index < -0.39 is 23.3 Å². The summed E-state index contributed by atoms with van der Waals surface area (Å²) in [4.78, 5) is 18.7. The van der Waals surface area contributed by atoms with Gasteiger partial charge in [-0.1, -0.05) is 41.9 Å². The van der Waals surface area contributed by atoms with Crippen molar-refractivity contribution in [1.29, 1.82) is 0 Å². The van der Waals surface area contributed by atoms with Crippen LogP contribution >= 0.6 is 11.6 Å². The minimum Gasteiger partial charge on any atom is -0.472 e. The Labute approximate surface area is 202 Å². The van der Waals surface area contributed by atoms with Crippen molar-refractivity contribution in [3.8, 4) is 11.1 Å². The minimum atomic E-state index is -4.71. The smallest absolute Gasteiger partial charge is 0.420 e. The predicted octanol–water partition coefficient (Wildman–Crippen LogP) is 5.69. The molecule has 5 rings (SSSR count). The first-order valence-electron chi connectivity index (χ1n) is 10.8. The van der Waals surface area contributed by atoms with Crippen molar-refractivity contribution >= 4 is 28.7 Å². The van der Waals surface area contributed by atoms with Crippen LogP contribution in [0.3, 0.4) is 0 Å². The number of aromatic nitrogens is 2. The standard InChI is InChI=1S/C25H19ClF3N3O3/c26-22-21(24(34)31-8-5-15(6-9-31)19-4-2-1-3-16(19)13-33)30-23-20(25(27,28)29)11-18(12-32(22)23)17-7-10-35-14-17/h1-5,7,10-12,14,33H,6,8-9,13H2. The second-order valence-corrected chi connectivity index (χ2v) is 8.50. The Morgan fingerprint density at radius 1 is 1.20 bits per heavy atom. The molecule has 0 saturated carbocycles. The fourth-order valence-corrected chi connectivity index (χ4v) is 4.52. The molecule has 1 aromatic carbocycles. The number of fused-ring (bicyclic) bond motifs is 1. The number of pyridine rings is 1. The first kappa shape index (κ1) is 23.2. The van der Waals surface area contributed by atoms with E-state index in [0.717, 1.165) is 27.2 Å². The quantitative estimate of drug-likeness (QED) is 0.390. The van der Waals surface area contributed by atoms with Gasteiger partial charge in [-0.2, -0.15) is 13.2 Å². The van der Waals surface area contributed by atoms with Gasteiger partial charge in [0.1, 0.15) is 5.15 Å². The number of alkyl halides is 3. The van der Waals surface area contributed by atoms with E-state index >= 15 is 0 Å². The summed E-state index contributed by atoms with van der Waals surface area (Å²) in [5.74, 6) is -0.553. The fraction of sp³-hybridized carbons (Fsp3) is 0.200. The Hall–Kier alpha value is -3.56. The summed E-state index contributed by atoms with van der Waals surface area (Å²) in [6, 6.07) is 9.95. The van der Waals surface area contributed by atoms with Crippen LogP contribution in [0.25, 0.3) is 22.3 Å². The Morgan fingerprint density at radius 2 is 2.00 bits per heavy atom. The topological polar surface area (TPSA) is 71.0 Å². The van der Waals surface area contributed by atoms with E-state index in [1.807, 2.05) is 30.3 Å². The van der Waals surface area contributed by atoms with Gasteiger partial charge in [0.15, 0.2) is 11.3 Å². The van der Waals surface area contributed by atoms with E-state index in [1.165, 1.54) is 29.7 Å². The number of hydrogen-bond donors (Lipinski definition) is 1. The van der Waals surface area contributed by atoms with E-state index in [-0.39, 0.29) is 29.6 Å². The molecule has 6 nitrogen and oxygen atoms in total. The second kappa shape index (κ2) is 8.90. The van der Waals surface area contributed by atoms with Crippen LogP contribution in [0.5, 0.6) is 0 Å². The molecule has 4 aromatic rings. The Kier molecular flexibility index (Phi) is 5.90. The van der Waals surface area contributed by atoms with Crippen LogP contribution in [-0.2, 0) is 12.8 Å². The lowest BCUT2D eigenvalue weighted by Gasteiger charge is -2.26. The Bertz CT molecular complexity index is 1440. The number of hydrogen-bond acceptors (Lipinski definition) is 4. The maximum atomic E-state index is 13.9. The van der Waals surface area contributed by atoms with Crippen molar-refractivity contribution in [2.24, 2.45) is 0 Å². The van der Waals surface area contributed by atoms with E-state index in [9.17, 15) is 23.1 Å². The first-order chi connectivity index (χ1) is 16.8. The molecule has 10 heteroatoms. The van der Waals surface area contributed by atoms with Crippen molar-refractivity contribution < 1.29 is 27.5 Å². The van der Waals surface area contributed by atoms with E-state index in [4.69, 9.17) is 16.0 Å². The fourth-order valence-electron chi connectivity index (χ4n) is 4.27. The molecular formula is C25H19ClF3N3O3. The number of rotatable bonds is 4. The summed E-state index contributed by atoms with van der Waals surface area (Å²) in [5.41, 5.74) is 1.67. The van der Waals surface area contributed by atoms with Crippen molar-refractivity contribution in [1.82, 2.24) is 14.3 Å². The summed E-state index contributed by atoms with van der Waals surface area (Å²) in [6.45, 7) is 0.473. The van der Waals surface area contributed by atoms with Crippen LogP contribution in [0.2, 0.25) is 5.15 Å². The van der Waals surface area contributed by atoms with Gasteiger partial charge < -0.3 is 14.4 Å². The highest BCUT2D eigenvalue weighted by Gasteiger charge is 2.36. The highest BCUT2D eigenvalue weighted by Crippen LogP contribution is 2.37. The molecule has 0 atom stereocenters. The molecule has 1 aliphatic heterocycles. The summed E-state index contributed by atoms with van der Waals surface area (Å²) in [6.07, 6.45) is 1.77. The third-order valence-corrected chi connectivity index (χ3v) is 6.42. The zero-order valence-electron chi connectivity index (χ0n) is 18.2. The van der Waals surface area contributed by atoms with Crippen molar-refractivity contribution in [2.45, 2.75) is 19.2 Å². The molecule has 1 amide bonds. The molecule has 4 heterocycles. The summed E-state index contributed by atoms with van der Waals surface area (Å²) in [5, 5.41) is 9.40. The van der Waals surface area contributed by atoms with Gasteiger partial charge in [0.2, 0.25) is 0 Å². The number of amides is 1. The molecule has 0 unspecified atom stereocenters. The van der Waals surface area contributed by atoms with Gasteiger partial charge in [-0.3, -0.25) is 9.20 Å². The van der Waals surface area contributed by atoms with Gasteiger partial charge in [-0.25, -0.2) is 4.98 Å². The molecular weight excluding hydrogens is 483 g/mol. The lowest BCUT2D eigenvalue weighted by atomic mass is 9.95. The first-order valence-corrected chi connectivity index (χ1v) is 11.1. The monoisotopic (exact) mass is 501 g/mol. The van der Waals surface area contributed by atoms with Gasteiger partial charge in [0, 0.05) is 30.4 Å². The SMILES string of the molecule is O=C(c1nc2c(C(F)(F)F)cc(-c3ccoc3)cn2c1Cl)N1CC=C(c2ccccc2CO)CC1. The van der Waals surface area contributed by atoms with Crippen LogP contribution in [-0.4, -0.2) is 38.4 Å². The average molecular weight is 502 g/mol. The molecule has 1 aliphatic rings. The number of carbonyl (C=O) groups is 1. The van der Waals surface area contributed by atoms with E-state index in [0.29, 0.717) is 18.5 Å². The number of benzene rings is 1. The van der Waals surface area contributed by atoms with Crippen LogP contribution in [0.4, 0.5) is 13.2 Å². The number of halogens is 4.